The van der Waals surface area contributed by atoms with Crippen molar-refractivity contribution in [2.24, 2.45) is 0 Å². The molecule has 47 heavy (non-hydrogen) atoms. The van der Waals surface area contributed by atoms with Gasteiger partial charge in [-0.25, -0.2) is 4.79 Å². The van der Waals surface area contributed by atoms with Gasteiger partial charge in [0.05, 0.1) is 30.9 Å². The van der Waals surface area contributed by atoms with Crippen molar-refractivity contribution >= 4 is 12.0 Å². The van der Waals surface area contributed by atoms with Crippen molar-refractivity contribution < 1.29 is 34.4 Å². The maximum atomic E-state index is 14.0. The van der Waals surface area contributed by atoms with Crippen molar-refractivity contribution in [1.82, 2.24) is 15.5 Å². The Morgan fingerprint density at radius 3 is 2.36 bits per heavy atom. The number of aliphatic hydroxyl groups excluding tert-OH is 3. The molecule has 0 aliphatic heterocycles. The molecule has 0 unspecified atom stereocenters. The van der Waals surface area contributed by atoms with Crippen molar-refractivity contribution in [2.75, 3.05) is 26.3 Å². The first kappa shape index (κ1) is 35.9. The Bertz CT molecular complexity index is 1410. The molecule has 0 spiro atoms. The molecule has 0 radical (unpaired) electrons. The number of carbonyl (C=O) groups excluding carboxylic acids is 2. The van der Waals surface area contributed by atoms with E-state index in [4.69, 9.17) is 14.6 Å². The van der Waals surface area contributed by atoms with E-state index in [0.717, 1.165) is 22.3 Å². The zero-order valence-electron chi connectivity index (χ0n) is 27.6. The lowest BCUT2D eigenvalue weighted by Crippen LogP contribution is -2.47. The third-order valence-corrected chi connectivity index (χ3v) is 8.05. The van der Waals surface area contributed by atoms with E-state index in [1.807, 2.05) is 78.9 Å². The van der Waals surface area contributed by atoms with Crippen LogP contribution in [-0.4, -0.2) is 82.4 Å². The number of nitrogens with zero attached hydrogens (tertiary/aromatic N) is 1. The fraction of sp³-hybridized carbons (Fsp3) is 0.459. The minimum absolute atomic E-state index is 0.00980. The summed E-state index contributed by atoms with van der Waals surface area (Å²) in [5.41, 5.74) is 3.02. The Kier molecular flexibility index (Phi) is 13.2. The quantitative estimate of drug-likeness (QED) is 0.148. The summed E-state index contributed by atoms with van der Waals surface area (Å²) in [6.45, 7) is 7.21. The smallest absolute Gasteiger partial charge is 0.407 e. The predicted octanol–water partition coefficient (Wildman–Crippen LogP) is 3.91. The summed E-state index contributed by atoms with van der Waals surface area (Å²) in [5, 5.41) is 37.3. The molecule has 2 amide bonds. The van der Waals surface area contributed by atoms with Crippen LogP contribution in [-0.2, 0) is 28.9 Å². The van der Waals surface area contributed by atoms with Gasteiger partial charge in [0.25, 0.3) is 0 Å². The largest absolute Gasteiger partial charge is 0.492 e. The fourth-order valence-electron chi connectivity index (χ4n) is 5.83. The normalized spacial score (nSPS) is 17.0. The van der Waals surface area contributed by atoms with Crippen molar-refractivity contribution in [3.63, 3.8) is 0 Å². The van der Waals surface area contributed by atoms with Crippen molar-refractivity contribution in [1.29, 1.82) is 0 Å². The number of benzene rings is 3. The number of rotatable bonds is 16. The van der Waals surface area contributed by atoms with E-state index in [0.29, 0.717) is 38.3 Å². The molecule has 10 nitrogen and oxygen atoms in total. The molecule has 0 aromatic heterocycles. The second-order valence-electron chi connectivity index (χ2n) is 13.0. The number of amides is 2. The maximum absolute atomic E-state index is 14.0. The minimum Gasteiger partial charge on any atom is -0.492 e. The highest BCUT2D eigenvalue weighted by Gasteiger charge is 2.38. The lowest BCUT2D eigenvalue weighted by Gasteiger charge is -2.33. The van der Waals surface area contributed by atoms with Crippen LogP contribution in [0.5, 0.6) is 5.75 Å². The van der Waals surface area contributed by atoms with Crippen molar-refractivity contribution in [3.8, 4) is 5.75 Å². The van der Waals surface area contributed by atoms with E-state index in [1.54, 1.807) is 25.7 Å². The third-order valence-electron chi connectivity index (χ3n) is 8.05. The molecule has 4 atom stereocenters. The molecule has 3 aromatic carbocycles. The number of carbonyl (C=O) groups is 2. The average Bonchev–Trinajstić information content (AvgIpc) is 3.37. The van der Waals surface area contributed by atoms with Gasteiger partial charge in [-0.3, -0.25) is 4.79 Å². The number of ether oxygens (including phenoxy) is 2. The summed E-state index contributed by atoms with van der Waals surface area (Å²) in [6.07, 6.45) is -1.51. The highest BCUT2D eigenvalue weighted by molar-refractivity contribution is 5.77. The van der Waals surface area contributed by atoms with Gasteiger partial charge in [0, 0.05) is 32.5 Å². The monoisotopic (exact) mass is 647 g/mol. The molecule has 5 N–H and O–H groups in total. The zero-order valence-corrected chi connectivity index (χ0v) is 27.6. The summed E-state index contributed by atoms with van der Waals surface area (Å²) >= 11 is 0. The standard InChI is InChI=1S/C37H49N3O7/c1-37(2,3)47-36(45)39-31(23-26-9-5-4-6-10-26)32(42)17-18-34(44)40(35-30-12-8-7-11-28(30)24-33(35)43)25-27-13-15-29(16-14-27)46-22-20-38-19-21-41/h4-16,31-33,35,38,41-43H,17-25H2,1-3H3,(H,39,45)/t31-,32-,33+,35-/m0/s1. The van der Waals surface area contributed by atoms with Gasteiger partial charge >= 0.3 is 6.09 Å². The summed E-state index contributed by atoms with van der Waals surface area (Å²) < 4.78 is 11.2. The highest BCUT2D eigenvalue weighted by atomic mass is 16.6. The van der Waals surface area contributed by atoms with Crippen molar-refractivity contribution in [3.05, 3.63) is 101 Å². The van der Waals surface area contributed by atoms with Gasteiger partial charge in [0.1, 0.15) is 18.0 Å². The maximum Gasteiger partial charge on any atom is 0.407 e. The van der Waals surface area contributed by atoms with E-state index in [1.165, 1.54) is 0 Å². The van der Waals surface area contributed by atoms with Crippen LogP contribution < -0.4 is 15.4 Å². The van der Waals surface area contributed by atoms with Gasteiger partial charge in [-0.05, 0) is 68.0 Å². The first-order valence-corrected chi connectivity index (χ1v) is 16.3. The molecule has 3 aromatic rings. The van der Waals surface area contributed by atoms with Crippen LogP contribution in [0.25, 0.3) is 0 Å². The molecule has 254 valence electrons. The molecule has 0 saturated heterocycles. The molecule has 0 bridgehead atoms. The fourth-order valence-corrected chi connectivity index (χ4v) is 5.83. The molecule has 0 fully saturated rings. The van der Waals surface area contributed by atoms with Crippen LogP contribution in [0.1, 0.15) is 61.9 Å². The van der Waals surface area contributed by atoms with E-state index in [9.17, 15) is 19.8 Å². The second kappa shape index (κ2) is 17.3. The van der Waals surface area contributed by atoms with Gasteiger partial charge in [-0.15, -0.1) is 0 Å². The van der Waals surface area contributed by atoms with Gasteiger partial charge in [-0.1, -0.05) is 66.7 Å². The van der Waals surface area contributed by atoms with Gasteiger partial charge < -0.3 is 40.3 Å². The van der Waals surface area contributed by atoms with E-state index < -0.39 is 36.0 Å². The first-order valence-electron chi connectivity index (χ1n) is 16.3. The van der Waals surface area contributed by atoms with Crippen LogP contribution in [0.3, 0.4) is 0 Å². The second-order valence-corrected chi connectivity index (χ2v) is 13.0. The molecule has 1 aliphatic carbocycles. The zero-order chi connectivity index (χ0) is 33.8. The number of fused-ring (bicyclic) bond motifs is 1. The Balaban J connectivity index is 1.48. The van der Waals surface area contributed by atoms with Crippen LogP contribution in [0.15, 0.2) is 78.9 Å². The molecule has 0 saturated carbocycles. The van der Waals surface area contributed by atoms with Crippen LogP contribution in [0.2, 0.25) is 0 Å². The number of hydrogen-bond donors (Lipinski definition) is 5. The van der Waals surface area contributed by atoms with Crippen LogP contribution in [0, 0.1) is 0 Å². The lowest BCUT2D eigenvalue weighted by molar-refractivity contribution is -0.137. The van der Waals surface area contributed by atoms with E-state index >= 15 is 0 Å². The van der Waals surface area contributed by atoms with Gasteiger partial charge in [-0.2, -0.15) is 0 Å². The van der Waals surface area contributed by atoms with Crippen molar-refractivity contribution in [2.45, 2.75) is 82.9 Å². The third kappa shape index (κ3) is 11.1. The first-order chi connectivity index (χ1) is 22.5. The van der Waals surface area contributed by atoms with Gasteiger partial charge in [0.15, 0.2) is 0 Å². The SMILES string of the molecule is CC(C)(C)OC(=O)N[C@@H](Cc1ccccc1)[C@@H](O)CCC(=O)N(Cc1ccc(OCCNCCO)cc1)[C@H]1c2ccccc2C[C@H]1O. The molecular formula is C37H49N3O7. The highest BCUT2D eigenvalue weighted by Crippen LogP contribution is 2.37. The Hall–Kier alpha value is -3.96. The summed E-state index contributed by atoms with van der Waals surface area (Å²) in [5.74, 6) is 0.476. The lowest BCUT2D eigenvalue weighted by atomic mass is 9.97. The Morgan fingerprint density at radius 1 is 0.957 bits per heavy atom. The van der Waals surface area contributed by atoms with Crippen LogP contribution >= 0.6 is 0 Å². The summed E-state index contributed by atoms with van der Waals surface area (Å²) in [4.78, 5) is 28.4. The summed E-state index contributed by atoms with van der Waals surface area (Å²) in [6, 6.07) is 23.6. The molecule has 10 heteroatoms. The van der Waals surface area contributed by atoms with E-state index in [2.05, 4.69) is 10.6 Å². The molecule has 1 aliphatic rings. The Labute approximate surface area is 277 Å². The molecule has 0 heterocycles. The number of hydrogen-bond acceptors (Lipinski definition) is 8. The molecular weight excluding hydrogens is 598 g/mol. The average molecular weight is 648 g/mol. The Morgan fingerprint density at radius 2 is 1.66 bits per heavy atom. The predicted molar refractivity (Wildman–Crippen MR) is 180 cm³/mol. The summed E-state index contributed by atoms with van der Waals surface area (Å²) in [7, 11) is 0. The van der Waals surface area contributed by atoms with Crippen LogP contribution in [0.4, 0.5) is 4.79 Å². The minimum atomic E-state index is -1.03. The molecule has 4 rings (SSSR count). The van der Waals surface area contributed by atoms with Gasteiger partial charge in [0.2, 0.25) is 5.91 Å². The number of alkyl carbamates (subject to hydrolysis) is 1. The number of nitrogens with one attached hydrogen (secondary N) is 2. The van der Waals surface area contributed by atoms with E-state index in [-0.39, 0.29) is 31.9 Å². The number of aliphatic hydroxyl groups is 3. The topological polar surface area (TPSA) is 141 Å².